The molecule has 1 aliphatic rings. The average Bonchev–Trinajstić information content (AvgIpc) is 3.11. The first-order valence-electron chi connectivity index (χ1n) is 9.87. The Balaban J connectivity index is 1.41. The molecule has 30 heavy (non-hydrogen) atoms. The number of ether oxygens (including phenoxy) is 1. The number of esters is 1. The highest BCUT2D eigenvalue weighted by molar-refractivity contribution is 8.00. The number of nitrogens with zero attached hydrogens (tertiary/aromatic N) is 3. The highest BCUT2D eigenvalue weighted by atomic mass is 32.2. The highest BCUT2D eigenvalue weighted by Gasteiger charge is 2.25. The number of hydrogen-bond donors (Lipinski definition) is 0. The zero-order chi connectivity index (χ0) is 21.1. The van der Waals surface area contributed by atoms with Crippen LogP contribution in [-0.4, -0.2) is 40.1 Å². The van der Waals surface area contributed by atoms with Crippen molar-refractivity contribution in [2.75, 3.05) is 18.1 Å². The molecule has 7 heteroatoms. The van der Waals surface area contributed by atoms with Gasteiger partial charge in [-0.3, -0.25) is 4.79 Å². The smallest absolute Gasteiger partial charge is 0.338 e. The summed E-state index contributed by atoms with van der Waals surface area (Å²) in [6, 6.07) is 16.8. The maximum absolute atomic E-state index is 12.8. The number of carbonyl (C=O) groups excluding carboxylic acids is 2. The van der Waals surface area contributed by atoms with Crippen molar-refractivity contribution in [3.63, 3.8) is 0 Å². The van der Waals surface area contributed by atoms with Crippen LogP contribution in [0.5, 0.6) is 0 Å². The van der Waals surface area contributed by atoms with Gasteiger partial charge in [-0.25, -0.2) is 9.48 Å². The Morgan fingerprint density at radius 3 is 2.63 bits per heavy atom. The first-order chi connectivity index (χ1) is 14.5. The third-order valence-corrected chi connectivity index (χ3v) is 6.29. The molecule has 154 valence electrons. The molecule has 1 amide bonds. The number of thioether (sulfide) groups is 1. The van der Waals surface area contributed by atoms with Gasteiger partial charge in [-0.2, -0.15) is 5.10 Å². The first kappa shape index (κ1) is 20.2. The molecule has 0 unspecified atom stereocenters. The summed E-state index contributed by atoms with van der Waals surface area (Å²) >= 11 is 1.77. The molecule has 0 saturated carbocycles. The number of fused-ring (bicyclic) bond motifs is 1. The van der Waals surface area contributed by atoms with E-state index in [2.05, 4.69) is 12.0 Å². The molecule has 0 saturated heterocycles. The van der Waals surface area contributed by atoms with Crippen molar-refractivity contribution in [1.29, 1.82) is 0 Å². The summed E-state index contributed by atoms with van der Waals surface area (Å²) in [5.74, 6) is -0.729. The Kier molecular flexibility index (Phi) is 5.90. The van der Waals surface area contributed by atoms with Crippen molar-refractivity contribution in [3.05, 3.63) is 72.1 Å². The van der Waals surface area contributed by atoms with E-state index in [0.717, 1.165) is 28.4 Å². The van der Waals surface area contributed by atoms with E-state index in [4.69, 9.17) is 4.74 Å². The number of aryl methyl sites for hydroxylation is 1. The number of carbonyl (C=O) groups is 2. The normalized spacial score (nSPS) is 15.9. The number of aromatic nitrogens is 2. The summed E-state index contributed by atoms with van der Waals surface area (Å²) in [5, 5.41) is 4.67. The van der Waals surface area contributed by atoms with Crippen LogP contribution in [0.15, 0.2) is 65.7 Å². The van der Waals surface area contributed by atoms with Crippen molar-refractivity contribution in [2.45, 2.75) is 30.4 Å². The Labute approximate surface area is 179 Å². The van der Waals surface area contributed by atoms with Gasteiger partial charge >= 0.3 is 5.97 Å². The Hall–Kier alpha value is -3.06. The fraction of sp³-hybridized carbons (Fsp3) is 0.261. The summed E-state index contributed by atoms with van der Waals surface area (Å²) < 4.78 is 7.11. The number of benzene rings is 2. The van der Waals surface area contributed by atoms with Crippen molar-refractivity contribution >= 4 is 29.3 Å². The van der Waals surface area contributed by atoms with Gasteiger partial charge in [-0.15, -0.1) is 11.8 Å². The molecule has 4 rings (SSSR count). The summed E-state index contributed by atoms with van der Waals surface area (Å²) in [4.78, 5) is 28.1. The van der Waals surface area contributed by atoms with Gasteiger partial charge < -0.3 is 9.64 Å². The fourth-order valence-corrected chi connectivity index (χ4v) is 4.53. The van der Waals surface area contributed by atoms with Crippen LogP contribution in [0.4, 0.5) is 5.69 Å². The van der Waals surface area contributed by atoms with Crippen molar-refractivity contribution in [3.8, 4) is 5.69 Å². The average molecular weight is 422 g/mol. The molecule has 3 aromatic rings. The molecule has 2 heterocycles. The zero-order valence-electron chi connectivity index (χ0n) is 16.9. The standard InChI is InChI=1S/C23H23N3O3S/c1-16-11-13-24-26(16)19-9-7-18(8-10-19)23(28)29-15-22(27)25-14-12-17(2)30-21-6-4-3-5-20(21)25/h3-11,13,17H,12,14-15H2,1-2H3/t17-/m1/s1. The van der Waals surface area contributed by atoms with Gasteiger partial charge in [-0.1, -0.05) is 19.1 Å². The summed E-state index contributed by atoms with van der Waals surface area (Å²) in [6.07, 6.45) is 2.61. The minimum atomic E-state index is -0.516. The van der Waals surface area contributed by atoms with Crippen LogP contribution >= 0.6 is 11.8 Å². The molecular formula is C23H23N3O3S. The molecule has 1 atom stereocenters. The summed E-state index contributed by atoms with van der Waals surface area (Å²) in [7, 11) is 0. The third-order valence-electron chi connectivity index (χ3n) is 5.05. The minimum absolute atomic E-state index is 0.214. The van der Waals surface area contributed by atoms with Crippen LogP contribution in [0.3, 0.4) is 0 Å². The molecule has 2 aromatic carbocycles. The maximum atomic E-state index is 12.8. The second kappa shape index (κ2) is 8.75. The van der Waals surface area contributed by atoms with E-state index >= 15 is 0 Å². The van der Waals surface area contributed by atoms with Gasteiger partial charge in [0, 0.05) is 28.6 Å². The van der Waals surface area contributed by atoms with E-state index in [0.29, 0.717) is 17.4 Å². The number of amides is 1. The van der Waals surface area contributed by atoms with Crippen LogP contribution < -0.4 is 4.90 Å². The lowest BCUT2D eigenvalue weighted by Crippen LogP contribution is -2.35. The van der Waals surface area contributed by atoms with E-state index in [-0.39, 0.29) is 12.5 Å². The largest absolute Gasteiger partial charge is 0.452 e. The van der Waals surface area contributed by atoms with Crippen LogP contribution in [0.1, 0.15) is 29.4 Å². The van der Waals surface area contributed by atoms with E-state index in [1.807, 2.05) is 49.4 Å². The Morgan fingerprint density at radius 1 is 1.13 bits per heavy atom. The summed E-state index contributed by atoms with van der Waals surface area (Å²) in [5.41, 5.74) is 3.14. The van der Waals surface area contributed by atoms with E-state index in [9.17, 15) is 9.59 Å². The van der Waals surface area contributed by atoms with Crippen molar-refractivity contribution in [2.24, 2.45) is 0 Å². The van der Waals surface area contributed by atoms with Gasteiger partial charge in [0.1, 0.15) is 0 Å². The van der Waals surface area contributed by atoms with Gasteiger partial charge in [0.2, 0.25) is 0 Å². The zero-order valence-corrected chi connectivity index (χ0v) is 17.8. The van der Waals surface area contributed by atoms with E-state index in [1.54, 1.807) is 39.7 Å². The lowest BCUT2D eigenvalue weighted by atomic mass is 10.2. The fourth-order valence-electron chi connectivity index (χ4n) is 3.41. The number of rotatable bonds is 4. The van der Waals surface area contributed by atoms with Crippen LogP contribution in [0.2, 0.25) is 0 Å². The van der Waals surface area contributed by atoms with Gasteiger partial charge in [0.25, 0.3) is 5.91 Å². The van der Waals surface area contributed by atoms with Crippen LogP contribution in [-0.2, 0) is 9.53 Å². The van der Waals surface area contributed by atoms with Crippen molar-refractivity contribution in [1.82, 2.24) is 9.78 Å². The molecule has 0 fully saturated rings. The van der Waals surface area contributed by atoms with Crippen LogP contribution in [0.25, 0.3) is 5.69 Å². The molecule has 6 nitrogen and oxygen atoms in total. The Bertz CT molecular complexity index is 1060. The lowest BCUT2D eigenvalue weighted by Gasteiger charge is -2.22. The quantitative estimate of drug-likeness (QED) is 0.589. The van der Waals surface area contributed by atoms with E-state index in [1.165, 1.54) is 0 Å². The van der Waals surface area contributed by atoms with Gasteiger partial charge in [-0.05, 0) is 55.8 Å². The third kappa shape index (κ3) is 4.26. The molecule has 1 aliphatic heterocycles. The van der Waals surface area contributed by atoms with Gasteiger partial charge in [0.05, 0.1) is 16.9 Å². The maximum Gasteiger partial charge on any atom is 0.338 e. The predicted molar refractivity (Wildman–Crippen MR) is 117 cm³/mol. The second-order valence-electron chi connectivity index (χ2n) is 7.24. The van der Waals surface area contributed by atoms with E-state index < -0.39 is 5.97 Å². The molecular weight excluding hydrogens is 398 g/mol. The SMILES string of the molecule is Cc1ccnn1-c1ccc(C(=O)OCC(=O)N2CC[C@@H](C)Sc3ccccc32)cc1. The molecule has 0 spiro atoms. The number of anilines is 1. The second-order valence-corrected chi connectivity index (χ2v) is 8.72. The van der Waals surface area contributed by atoms with Crippen molar-refractivity contribution < 1.29 is 14.3 Å². The Morgan fingerprint density at radius 2 is 1.90 bits per heavy atom. The molecule has 0 aliphatic carbocycles. The highest BCUT2D eigenvalue weighted by Crippen LogP contribution is 2.37. The topological polar surface area (TPSA) is 64.4 Å². The minimum Gasteiger partial charge on any atom is -0.452 e. The summed E-state index contributed by atoms with van der Waals surface area (Å²) in [6.45, 7) is 4.44. The number of para-hydroxylation sites is 1. The van der Waals surface area contributed by atoms with Gasteiger partial charge in [0.15, 0.2) is 6.61 Å². The molecule has 1 aromatic heterocycles. The molecule has 0 N–H and O–H groups in total. The lowest BCUT2D eigenvalue weighted by molar-refractivity contribution is -0.121. The monoisotopic (exact) mass is 421 g/mol. The number of hydrogen-bond acceptors (Lipinski definition) is 5. The predicted octanol–water partition coefficient (Wildman–Crippen LogP) is 4.26. The first-order valence-corrected chi connectivity index (χ1v) is 10.7. The molecule has 0 radical (unpaired) electrons. The van der Waals surface area contributed by atoms with Crippen LogP contribution in [0, 0.1) is 6.92 Å². The molecule has 0 bridgehead atoms.